The van der Waals surface area contributed by atoms with Crippen LogP contribution in [0.25, 0.3) is 0 Å². The first-order valence-electron chi connectivity index (χ1n) is 8.39. The van der Waals surface area contributed by atoms with Crippen molar-refractivity contribution in [2.75, 3.05) is 15.5 Å². The van der Waals surface area contributed by atoms with Crippen LogP contribution < -0.4 is 9.21 Å². The van der Waals surface area contributed by atoms with Gasteiger partial charge in [-0.2, -0.15) is 0 Å². The fraction of sp³-hybridized carbons (Fsp3) is 0.100. The minimum Gasteiger partial charge on any atom is -0.288 e. The van der Waals surface area contributed by atoms with Crippen molar-refractivity contribution in [1.29, 1.82) is 0 Å². The molecule has 0 bridgehead atoms. The van der Waals surface area contributed by atoms with Crippen LogP contribution in [0.3, 0.4) is 0 Å². The van der Waals surface area contributed by atoms with Crippen LogP contribution in [-0.2, 0) is 6.54 Å². The Kier molecular flexibility index (Phi) is 5.48. The lowest BCUT2D eigenvalue weighted by molar-refractivity contribution is 0.254. The molecule has 0 spiro atoms. The normalized spacial score (nSPS) is 13.6. The Labute approximate surface area is 175 Å². The molecule has 4 rings (SSSR count). The molecule has 1 aromatic heterocycles. The lowest BCUT2D eigenvalue weighted by Crippen LogP contribution is -2.43. The summed E-state index contributed by atoms with van der Waals surface area (Å²) in [4.78, 5) is 21.0. The zero-order valence-corrected chi connectivity index (χ0v) is 17.2. The first kappa shape index (κ1) is 19.1. The minimum atomic E-state index is -0.436. The lowest BCUT2D eigenvalue weighted by atomic mass is 10.2. The molecule has 2 heterocycles. The van der Waals surface area contributed by atoms with Crippen molar-refractivity contribution in [3.05, 3.63) is 77.3 Å². The second kappa shape index (κ2) is 8.03. The highest BCUT2D eigenvalue weighted by atomic mass is 35.5. The Bertz CT molecular complexity index is 1030. The quantitative estimate of drug-likeness (QED) is 0.361. The van der Waals surface area contributed by atoms with Gasteiger partial charge in [0.05, 0.1) is 29.0 Å². The number of halogens is 2. The topological polar surface area (TPSA) is 36.4 Å². The standard InChI is InChI=1S/C20H15ClFN3OS2/c1-27-14-9-13(10-23-11-14)25-20(26)24(18-7-2-3-8-19(18)28-25)12-15-16(21)5-4-6-17(15)22/h2-11H,12H2,1H3. The van der Waals surface area contributed by atoms with Gasteiger partial charge in [-0.15, -0.1) is 11.8 Å². The Hall–Kier alpha value is -2.22. The number of carbonyl (C=O) groups excluding carboxylic acids is 1. The number of rotatable bonds is 4. The Balaban J connectivity index is 1.77. The number of aromatic nitrogens is 1. The zero-order valence-electron chi connectivity index (χ0n) is 14.8. The summed E-state index contributed by atoms with van der Waals surface area (Å²) in [5.74, 6) is -0.436. The van der Waals surface area contributed by atoms with Crippen molar-refractivity contribution in [2.24, 2.45) is 0 Å². The predicted octanol–water partition coefficient (Wildman–Crippen LogP) is 6.25. The van der Waals surface area contributed by atoms with E-state index in [-0.39, 0.29) is 18.1 Å². The van der Waals surface area contributed by atoms with Crippen LogP contribution in [0.5, 0.6) is 0 Å². The maximum atomic E-state index is 14.4. The zero-order chi connectivity index (χ0) is 19.7. The largest absolute Gasteiger partial charge is 0.339 e. The van der Waals surface area contributed by atoms with Gasteiger partial charge in [-0.3, -0.25) is 9.88 Å². The van der Waals surface area contributed by atoms with Gasteiger partial charge < -0.3 is 0 Å². The van der Waals surface area contributed by atoms with Crippen molar-refractivity contribution in [2.45, 2.75) is 16.3 Å². The average molecular weight is 432 g/mol. The number of hydrogen-bond donors (Lipinski definition) is 0. The average Bonchev–Trinajstić information content (AvgIpc) is 2.72. The first-order valence-corrected chi connectivity index (χ1v) is 10.8. The second-order valence-electron chi connectivity index (χ2n) is 6.01. The third kappa shape index (κ3) is 3.57. The van der Waals surface area contributed by atoms with Crippen LogP contribution in [0, 0.1) is 5.82 Å². The highest BCUT2D eigenvalue weighted by Crippen LogP contribution is 2.42. The van der Waals surface area contributed by atoms with Gasteiger partial charge in [0.15, 0.2) is 0 Å². The lowest BCUT2D eigenvalue weighted by Gasteiger charge is -2.36. The van der Waals surface area contributed by atoms with E-state index < -0.39 is 5.82 Å². The number of anilines is 2. The number of benzene rings is 2. The fourth-order valence-electron chi connectivity index (χ4n) is 2.89. The molecule has 0 unspecified atom stereocenters. The maximum Gasteiger partial charge on any atom is 0.339 e. The van der Waals surface area contributed by atoms with E-state index in [2.05, 4.69) is 4.98 Å². The van der Waals surface area contributed by atoms with Crippen molar-refractivity contribution >= 4 is 52.7 Å². The molecule has 0 fully saturated rings. The molecule has 1 aliphatic rings. The van der Waals surface area contributed by atoms with E-state index >= 15 is 0 Å². The molecule has 4 nitrogen and oxygen atoms in total. The molecule has 0 N–H and O–H groups in total. The third-order valence-corrected chi connectivity index (χ3v) is 6.44. The molecule has 2 amide bonds. The molecular formula is C20H15ClFN3OS2. The smallest absolute Gasteiger partial charge is 0.288 e. The Morgan fingerprint density at radius 2 is 2.00 bits per heavy atom. The third-order valence-electron chi connectivity index (χ3n) is 4.30. The molecule has 1 aliphatic heterocycles. The molecule has 3 aromatic rings. The monoisotopic (exact) mass is 431 g/mol. The van der Waals surface area contributed by atoms with Gasteiger partial charge in [0.1, 0.15) is 5.82 Å². The van der Waals surface area contributed by atoms with E-state index in [4.69, 9.17) is 11.6 Å². The molecule has 0 aliphatic carbocycles. The highest BCUT2D eigenvalue weighted by Gasteiger charge is 2.33. The van der Waals surface area contributed by atoms with E-state index in [1.165, 1.54) is 18.0 Å². The van der Waals surface area contributed by atoms with Crippen LogP contribution in [0.2, 0.25) is 5.02 Å². The number of nitrogens with zero attached hydrogens (tertiary/aromatic N) is 3. The number of fused-ring (bicyclic) bond motifs is 1. The van der Waals surface area contributed by atoms with Crippen molar-refractivity contribution in [3.8, 4) is 0 Å². The minimum absolute atomic E-state index is 0.0358. The van der Waals surface area contributed by atoms with Gasteiger partial charge >= 0.3 is 6.03 Å². The molecule has 2 aromatic carbocycles. The first-order chi connectivity index (χ1) is 13.6. The maximum absolute atomic E-state index is 14.4. The van der Waals surface area contributed by atoms with Crippen molar-refractivity contribution in [1.82, 2.24) is 4.98 Å². The van der Waals surface area contributed by atoms with Gasteiger partial charge in [-0.25, -0.2) is 13.5 Å². The van der Waals surface area contributed by atoms with Crippen LogP contribution in [-0.4, -0.2) is 17.3 Å². The number of amides is 2. The summed E-state index contributed by atoms with van der Waals surface area (Å²) in [6.07, 6.45) is 5.35. The van der Waals surface area contributed by atoms with Gasteiger partial charge in [-0.1, -0.05) is 29.8 Å². The van der Waals surface area contributed by atoms with Crippen LogP contribution in [0.4, 0.5) is 20.6 Å². The molecule has 0 radical (unpaired) electrons. The summed E-state index contributed by atoms with van der Waals surface area (Å²) < 4.78 is 15.9. The number of carbonyl (C=O) groups is 1. The number of hydrogen-bond acceptors (Lipinski definition) is 4. The van der Waals surface area contributed by atoms with Crippen molar-refractivity contribution in [3.63, 3.8) is 0 Å². The Morgan fingerprint density at radius 1 is 1.18 bits per heavy atom. The summed E-state index contributed by atoms with van der Waals surface area (Å²) in [6.45, 7) is 0.0358. The molecule has 0 saturated heterocycles. The molecular weight excluding hydrogens is 417 g/mol. The predicted molar refractivity (Wildman–Crippen MR) is 114 cm³/mol. The SMILES string of the molecule is CSc1cncc(N2Sc3ccccc3N(Cc3c(F)cccc3Cl)C2=O)c1. The van der Waals surface area contributed by atoms with Crippen LogP contribution in [0.1, 0.15) is 5.56 Å². The molecule has 0 saturated carbocycles. The molecule has 0 atom stereocenters. The summed E-state index contributed by atoms with van der Waals surface area (Å²) >= 11 is 9.08. The summed E-state index contributed by atoms with van der Waals surface area (Å²) in [5, 5.41) is 0.293. The van der Waals surface area contributed by atoms with Gasteiger partial charge in [0.2, 0.25) is 0 Å². The van der Waals surface area contributed by atoms with Crippen molar-refractivity contribution < 1.29 is 9.18 Å². The fourth-order valence-corrected chi connectivity index (χ4v) is 4.51. The van der Waals surface area contributed by atoms with E-state index in [9.17, 15) is 9.18 Å². The molecule has 142 valence electrons. The number of pyridine rings is 1. The number of thioether (sulfide) groups is 1. The molecule has 8 heteroatoms. The van der Waals surface area contributed by atoms with E-state index in [1.807, 2.05) is 36.6 Å². The number of para-hydroxylation sites is 1. The van der Waals surface area contributed by atoms with Gasteiger partial charge in [0, 0.05) is 21.7 Å². The second-order valence-corrected chi connectivity index (χ2v) is 8.28. The van der Waals surface area contributed by atoms with E-state index in [1.54, 1.807) is 45.5 Å². The van der Waals surface area contributed by atoms with Gasteiger partial charge in [-0.05, 0) is 48.5 Å². The summed E-state index contributed by atoms with van der Waals surface area (Å²) in [7, 11) is 0. The Morgan fingerprint density at radius 3 is 2.79 bits per heavy atom. The van der Waals surface area contributed by atoms with Crippen LogP contribution in [0.15, 0.2) is 70.7 Å². The van der Waals surface area contributed by atoms with E-state index in [0.29, 0.717) is 10.7 Å². The van der Waals surface area contributed by atoms with E-state index in [0.717, 1.165) is 15.5 Å². The number of urea groups is 1. The highest BCUT2D eigenvalue weighted by molar-refractivity contribution is 8.01. The van der Waals surface area contributed by atoms with Gasteiger partial charge in [0.25, 0.3) is 0 Å². The van der Waals surface area contributed by atoms with Crippen LogP contribution >= 0.6 is 35.3 Å². The molecule has 28 heavy (non-hydrogen) atoms. The summed E-state index contributed by atoms with van der Waals surface area (Å²) in [5.41, 5.74) is 1.68. The summed E-state index contributed by atoms with van der Waals surface area (Å²) in [6, 6.07) is 13.7.